The Balaban J connectivity index is 2.21. The number of benzene rings is 1. The third kappa shape index (κ3) is 2.70. The largest absolute Gasteiger partial charge is 0.326 e. The van der Waals surface area contributed by atoms with E-state index < -0.39 is 10.0 Å². The van der Waals surface area contributed by atoms with Gasteiger partial charge in [-0.1, -0.05) is 18.2 Å². The summed E-state index contributed by atoms with van der Waals surface area (Å²) < 4.78 is 25.8. The summed E-state index contributed by atoms with van der Waals surface area (Å²) in [6.45, 7) is 0.843. The number of hydrogen-bond acceptors (Lipinski definition) is 4. The summed E-state index contributed by atoms with van der Waals surface area (Å²) in [5.74, 6) is -0.135. The molecule has 0 unspecified atom stereocenters. The predicted octanol–water partition coefficient (Wildman–Crippen LogP) is 0.421. The summed E-state index contributed by atoms with van der Waals surface area (Å²) in [7, 11) is -3.38. The van der Waals surface area contributed by atoms with Gasteiger partial charge >= 0.3 is 0 Å². The molecule has 0 saturated carbocycles. The van der Waals surface area contributed by atoms with E-state index >= 15 is 0 Å². The van der Waals surface area contributed by atoms with Crippen LogP contribution >= 0.6 is 0 Å². The second-order valence-electron chi connectivity index (χ2n) is 4.43. The van der Waals surface area contributed by atoms with E-state index in [0.717, 1.165) is 0 Å². The first kappa shape index (κ1) is 13.0. The van der Waals surface area contributed by atoms with Crippen LogP contribution in [0.4, 0.5) is 0 Å². The third-order valence-electron chi connectivity index (χ3n) is 3.06. The molecule has 1 aromatic carbocycles. The Bertz CT molecular complexity index is 577. The molecule has 1 aliphatic rings. The van der Waals surface area contributed by atoms with Crippen LogP contribution in [0, 0.1) is 11.3 Å². The van der Waals surface area contributed by atoms with E-state index in [1.807, 2.05) is 6.07 Å². The summed E-state index contributed by atoms with van der Waals surface area (Å²) in [6.07, 6.45) is 0.694. The predicted molar refractivity (Wildman–Crippen MR) is 67.9 cm³/mol. The molecule has 1 fully saturated rings. The minimum absolute atomic E-state index is 0.0778. The van der Waals surface area contributed by atoms with Crippen LogP contribution in [0.3, 0.4) is 0 Å². The standard InChI is InChI=1S/C12H15N3O2S/c13-7-10-3-1-2-4-11(10)9-18(16,17)15-6-5-12(14)8-15/h1-4,12H,5-6,8-9,14H2/t12-/m1/s1. The first-order valence-electron chi connectivity index (χ1n) is 5.74. The van der Waals surface area contributed by atoms with Crippen LogP contribution in [0.25, 0.3) is 0 Å². The van der Waals surface area contributed by atoms with E-state index in [-0.39, 0.29) is 11.8 Å². The number of nitrogens with two attached hydrogens (primary N) is 1. The van der Waals surface area contributed by atoms with Gasteiger partial charge in [-0.2, -0.15) is 5.26 Å². The molecule has 6 heteroatoms. The fourth-order valence-electron chi connectivity index (χ4n) is 2.05. The van der Waals surface area contributed by atoms with E-state index in [4.69, 9.17) is 11.0 Å². The van der Waals surface area contributed by atoms with Crippen molar-refractivity contribution in [1.29, 1.82) is 5.26 Å². The van der Waals surface area contributed by atoms with Crippen LogP contribution in [0.2, 0.25) is 0 Å². The zero-order chi connectivity index (χ0) is 13.2. The summed E-state index contributed by atoms with van der Waals surface area (Å²) in [5.41, 5.74) is 6.66. The minimum Gasteiger partial charge on any atom is -0.326 e. The second kappa shape index (κ2) is 5.06. The molecule has 1 aliphatic heterocycles. The average Bonchev–Trinajstić information content (AvgIpc) is 2.77. The molecule has 0 spiro atoms. The van der Waals surface area contributed by atoms with E-state index in [0.29, 0.717) is 30.6 Å². The summed E-state index contributed by atoms with van der Waals surface area (Å²) >= 11 is 0. The van der Waals surface area contributed by atoms with E-state index in [9.17, 15) is 8.42 Å². The van der Waals surface area contributed by atoms with Gasteiger partial charge in [-0.3, -0.25) is 0 Å². The van der Waals surface area contributed by atoms with Crippen molar-refractivity contribution >= 4 is 10.0 Å². The van der Waals surface area contributed by atoms with Crippen molar-refractivity contribution in [3.63, 3.8) is 0 Å². The van der Waals surface area contributed by atoms with Crippen LogP contribution in [0.1, 0.15) is 17.5 Å². The molecule has 1 aromatic rings. The highest BCUT2D eigenvalue weighted by Gasteiger charge is 2.29. The molecule has 0 aromatic heterocycles. The molecule has 0 amide bonds. The SMILES string of the molecule is N#Cc1ccccc1CS(=O)(=O)N1CC[C@@H](N)C1. The van der Waals surface area contributed by atoms with E-state index in [2.05, 4.69) is 0 Å². The lowest BCUT2D eigenvalue weighted by atomic mass is 10.1. The van der Waals surface area contributed by atoms with Gasteiger partial charge in [0.15, 0.2) is 0 Å². The first-order chi connectivity index (χ1) is 8.53. The minimum atomic E-state index is -3.38. The quantitative estimate of drug-likeness (QED) is 0.858. The van der Waals surface area contributed by atoms with Crippen LogP contribution in [-0.2, 0) is 15.8 Å². The smallest absolute Gasteiger partial charge is 0.218 e. The zero-order valence-electron chi connectivity index (χ0n) is 9.91. The highest BCUT2D eigenvalue weighted by Crippen LogP contribution is 2.18. The van der Waals surface area contributed by atoms with Gasteiger partial charge in [-0.15, -0.1) is 0 Å². The maximum Gasteiger partial charge on any atom is 0.218 e. The maximum absolute atomic E-state index is 12.2. The molecular formula is C12H15N3O2S. The van der Waals surface area contributed by atoms with Crippen molar-refractivity contribution in [2.75, 3.05) is 13.1 Å². The van der Waals surface area contributed by atoms with Gasteiger partial charge in [-0.05, 0) is 18.1 Å². The van der Waals surface area contributed by atoms with Gasteiger partial charge in [0.25, 0.3) is 0 Å². The maximum atomic E-state index is 12.2. The van der Waals surface area contributed by atoms with Gasteiger partial charge < -0.3 is 5.73 Å². The molecule has 1 saturated heterocycles. The summed E-state index contributed by atoms with van der Waals surface area (Å²) in [5, 5.41) is 8.94. The lowest BCUT2D eigenvalue weighted by Crippen LogP contribution is -2.32. The number of nitrogens with zero attached hydrogens (tertiary/aromatic N) is 2. The van der Waals surface area contributed by atoms with Crippen molar-refractivity contribution in [3.05, 3.63) is 35.4 Å². The number of sulfonamides is 1. The molecule has 0 aliphatic carbocycles. The summed E-state index contributed by atoms with van der Waals surface area (Å²) in [6, 6.07) is 8.69. The van der Waals surface area contributed by atoms with E-state index in [1.54, 1.807) is 24.3 Å². The van der Waals surface area contributed by atoms with Crippen molar-refractivity contribution in [2.45, 2.75) is 18.2 Å². The molecular weight excluding hydrogens is 250 g/mol. The molecule has 2 rings (SSSR count). The Hall–Kier alpha value is -1.42. The Morgan fingerprint density at radius 2 is 2.17 bits per heavy atom. The van der Waals surface area contributed by atoms with Crippen molar-refractivity contribution in [1.82, 2.24) is 4.31 Å². The summed E-state index contributed by atoms with van der Waals surface area (Å²) in [4.78, 5) is 0. The van der Waals surface area contributed by atoms with Crippen molar-refractivity contribution in [2.24, 2.45) is 5.73 Å². The fraction of sp³-hybridized carbons (Fsp3) is 0.417. The molecule has 18 heavy (non-hydrogen) atoms. The average molecular weight is 265 g/mol. The van der Waals surface area contributed by atoms with Crippen LogP contribution in [0.5, 0.6) is 0 Å². The van der Waals surface area contributed by atoms with E-state index in [1.165, 1.54) is 4.31 Å². The molecule has 1 heterocycles. The highest BCUT2D eigenvalue weighted by molar-refractivity contribution is 7.88. The molecule has 0 radical (unpaired) electrons. The second-order valence-corrected chi connectivity index (χ2v) is 6.40. The third-order valence-corrected chi connectivity index (χ3v) is 4.85. The van der Waals surface area contributed by atoms with Crippen LogP contribution < -0.4 is 5.73 Å². The van der Waals surface area contributed by atoms with Gasteiger partial charge in [-0.25, -0.2) is 12.7 Å². The molecule has 5 nitrogen and oxygen atoms in total. The monoisotopic (exact) mass is 265 g/mol. The lowest BCUT2D eigenvalue weighted by Gasteiger charge is -2.16. The van der Waals surface area contributed by atoms with Gasteiger partial charge in [0.1, 0.15) is 0 Å². The van der Waals surface area contributed by atoms with Crippen LogP contribution in [0.15, 0.2) is 24.3 Å². The molecule has 2 N–H and O–H groups in total. The van der Waals surface area contributed by atoms with Crippen LogP contribution in [-0.4, -0.2) is 31.9 Å². The number of hydrogen-bond donors (Lipinski definition) is 1. The molecule has 1 atom stereocenters. The lowest BCUT2D eigenvalue weighted by molar-refractivity contribution is 0.471. The Kier molecular flexibility index (Phi) is 3.66. The molecule has 96 valence electrons. The van der Waals surface area contributed by atoms with Gasteiger partial charge in [0, 0.05) is 19.1 Å². The Morgan fingerprint density at radius 1 is 1.44 bits per heavy atom. The zero-order valence-corrected chi connectivity index (χ0v) is 10.7. The van der Waals surface area contributed by atoms with Crippen molar-refractivity contribution < 1.29 is 8.42 Å². The number of rotatable bonds is 3. The fourth-order valence-corrected chi connectivity index (χ4v) is 3.68. The Morgan fingerprint density at radius 3 is 2.78 bits per heavy atom. The molecule has 0 bridgehead atoms. The first-order valence-corrected chi connectivity index (χ1v) is 7.35. The number of nitriles is 1. The van der Waals surface area contributed by atoms with Gasteiger partial charge in [0.2, 0.25) is 10.0 Å². The highest BCUT2D eigenvalue weighted by atomic mass is 32.2. The Labute approximate surface area is 107 Å². The van der Waals surface area contributed by atoms with Crippen molar-refractivity contribution in [3.8, 4) is 6.07 Å². The topological polar surface area (TPSA) is 87.2 Å². The van der Waals surface area contributed by atoms with Gasteiger partial charge in [0.05, 0.1) is 17.4 Å². The normalized spacial score (nSPS) is 20.8.